The van der Waals surface area contributed by atoms with E-state index in [4.69, 9.17) is 27.6 Å². The Balaban J connectivity index is 1.64. The Labute approximate surface area is 183 Å². The van der Waals surface area contributed by atoms with Crippen molar-refractivity contribution in [1.82, 2.24) is 0 Å². The monoisotopic (exact) mass is 441 g/mol. The average molecular weight is 442 g/mol. The van der Waals surface area contributed by atoms with Crippen molar-refractivity contribution in [2.24, 2.45) is 0 Å². The lowest BCUT2D eigenvalue weighted by Crippen LogP contribution is -2.41. The van der Waals surface area contributed by atoms with Crippen molar-refractivity contribution < 1.29 is 19.1 Å². The van der Waals surface area contributed by atoms with Crippen molar-refractivity contribution in [3.63, 3.8) is 0 Å². The van der Waals surface area contributed by atoms with Crippen LogP contribution >= 0.6 is 23.2 Å². The number of aliphatic hydroxyl groups is 1. The van der Waals surface area contributed by atoms with E-state index in [0.717, 1.165) is 5.56 Å². The van der Waals surface area contributed by atoms with E-state index in [-0.39, 0.29) is 6.54 Å². The molecule has 1 aliphatic heterocycles. The third-order valence-electron chi connectivity index (χ3n) is 4.95. The number of carbonyl (C=O) groups is 2. The lowest BCUT2D eigenvalue weighted by atomic mass is 9.90. The van der Waals surface area contributed by atoms with Gasteiger partial charge in [-0.15, -0.1) is 0 Å². The molecule has 1 aromatic heterocycles. The smallest absolute Gasteiger partial charge is 0.264 e. The maximum Gasteiger partial charge on any atom is 0.264 e. The minimum atomic E-state index is -2.00. The van der Waals surface area contributed by atoms with E-state index in [1.54, 1.807) is 48.5 Å². The van der Waals surface area contributed by atoms with E-state index in [1.807, 2.05) is 0 Å². The number of hydrogen-bond acceptors (Lipinski definition) is 4. The zero-order valence-corrected chi connectivity index (χ0v) is 17.2. The molecule has 1 N–H and O–H groups in total. The molecule has 1 atom stereocenters. The van der Waals surface area contributed by atoms with Gasteiger partial charge in [0.05, 0.1) is 24.9 Å². The predicted molar refractivity (Wildman–Crippen MR) is 115 cm³/mol. The third kappa shape index (κ3) is 3.92. The van der Waals surface area contributed by atoms with E-state index < -0.39 is 23.7 Å². The molecule has 7 heteroatoms. The highest BCUT2D eigenvalue weighted by atomic mass is 35.5. The van der Waals surface area contributed by atoms with Crippen molar-refractivity contribution in [2.75, 3.05) is 4.90 Å². The molecule has 1 aliphatic rings. The maximum absolute atomic E-state index is 13.2. The Hall–Kier alpha value is -2.86. The summed E-state index contributed by atoms with van der Waals surface area (Å²) in [5.41, 5.74) is -0.336. The van der Waals surface area contributed by atoms with Crippen LogP contribution in [-0.2, 0) is 21.7 Å². The quantitative estimate of drug-likeness (QED) is 0.546. The molecular weight excluding hydrogens is 425 g/mol. The van der Waals surface area contributed by atoms with Gasteiger partial charge in [-0.25, -0.2) is 0 Å². The molecule has 2 aromatic carbocycles. The Morgan fingerprint density at radius 3 is 2.53 bits per heavy atom. The molecule has 2 heterocycles. The fourth-order valence-electron chi connectivity index (χ4n) is 3.50. The normalized spacial score (nSPS) is 18.2. The van der Waals surface area contributed by atoms with Crippen LogP contribution in [0.25, 0.3) is 6.08 Å². The van der Waals surface area contributed by atoms with Crippen LogP contribution in [0, 0.1) is 0 Å². The molecule has 0 fully saturated rings. The molecule has 0 bridgehead atoms. The van der Waals surface area contributed by atoms with Crippen LogP contribution in [0.15, 0.2) is 71.4 Å². The van der Waals surface area contributed by atoms with Crippen molar-refractivity contribution in [3.05, 3.63) is 93.9 Å². The van der Waals surface area contributed by atoms with Crippen LogP contribution in [-0.4, -0.2) is 16.8 Å². The number of fused-ring (bicyclic) bond motifs is 1. The second kappa shape index (κ2) is 8.11. The molecule has 152 valence electrons. The van der Waals surface area contributed by atoms with Crippen molar-refractivity contribution in [3.8, 4) is 0 Å². The zero-order chi connectivity index (χ0) is 21.3. The molecule has 0 spiro atoms. The fourth-order valence-corrected chi connectivity index (χ4v) is 3.79. The number of allylic oxidation sites excluding steroid dienone is 1. The molecule has 0 saturated heterocycles. The molecule has 0 radical (unpaired) electrons. The zero-order valence-electron chi connectivity index (χ0n) is 15.7. The average Bonchev–Trinajstić information content (AvgIpc) is 3.30. The van der Waals surface area contributed by atoms with Crippen molar-refractivity contribution >= 4 is 46.7 Å². The molecule has 0 saturated carbocycles. The number of nitrogens with zero attached hydrogens (tertiary/aromatic N) is 1. The maximum atomic E-state index is 13.2. The summed E-state index contributed by atoms with van der Waals surface area (Å²) in [6.45, 7) is 0.226. The number of furan rings is 1. The second-order valence-electron chi connectivity index (χ2n) is 7.03. The van der Waals surface area contributed by atoms with Gasteiger partial charge >= 0.3 is 0 Å². The van der Waals surface area contributed by atoms with Crippen LogP contribution < -0.4 is 4.90 Å². The topological polar surface area (TPSA) is 70.7 Å². The molecule has 1 amide bonds. The summed E-state index contributed by atoms with van der Waals surface area (Å²) in [6.07, 6.45) is 3.87. The van der Waals surface area contributed by atoms with Gasteiger partial charge in [0.1, 0.15) is 5.76 Å². The first-order valence-corrected chi connectivity index (χ1v) is 9.96. The number of halogens is 2. The summed E-state index contributed by atoms with van der Waals surface area (Å²) < 4.78 is 5.16. The lowest BCUT2D eigenvalue weighted by Gasteiger charge is -2.22. The van der Waals surface area contributed by atoms with Crippen LogP contribution in [0.3, 0.4) is 0 Å². The summed E-state index contributed by atoms with van der Waals surface area (Å²) in [5.74, 6) is -0.489. The van der Waals surface area contributed by atoms with Crippen LogP contribution in [0.4, 0.5) is 5.69 Å². The standard InChI is InChI=1S/C23H17Cl2NO4/c24-16-5-3-15(4-6-16)14-26-21-10-7-17(25)12-20(21)23(29,22(26)28)13-18(27)8-9-19-2-1-11-30-19/h1-12,29H,13-14H2. The van der Waals surface area contributed by atoms with Crippen LogP contribution in [0.2, 0.25) is 10.0 Å². The first-order chi connectivity index (χ1) is 14.4. The van der Waals surface area contributed by atoms with Gasteiger partial charge in [-0.05, 0) is 60.2 Å². The van der Waals surface area contributed by atoms with E-state index in [1.165, 1.54) is 29.4 Å². The Morgan fingerprint density at radius 2 is 1.83 bits per heavy atom. The highest BCUT2D eigenvalue weighted by Crippen LogP contribution is 2.44. The lowest BCUT2D eigenvalue weighted by molar-refractivity contribution is -0.140. The highest BCUT2D eigenvalue weighted by molar-refractivity contribution is 6.31. The summed E-state index contributed by atoms with van der Waals surface area (Å²) in [7, 11) is 0. The molecule has 0 aliphatic carbocycles. The first-order valence-electron chi connectivity index (χ1n) is 9.20. The van der Waals surface area contributed by atoms with Crippen LogP contribution in [0.5, 0.6) is 0 Å². The molecule has 1 unspecified atom stereocenters. The number of anilines is 1. The van der Waals surface area contributed by atoms with Gasteiger partial charge in [-0.2, -0.15) is 0 Å². The van der Waals surface area contributed by atoms with E-state index >= 15 is 0 Å². The largest absolute Gasteiger partial charge is 0.465 e. The first kappa shape index (κ1) is 20.4. The molecule has 30 heavy (non-hydrogen) atoms. The van der Waals surface area contributed by atoms with Gasteiger partial charge in [0.25, 0.3) is 5.91 Å². The minimum absolute atomic E-state index is 0.226. The number of hydrogen-bond donors (Lipinski definition) is 1. The number of carbonyl (C=O) groups excluding carboxylic acids is 2. The van der Waals surface area contributed by atoms with Gasteiger partial charge in [0.2, 0.25) is 0 Å². The summed E-state index contributed by atoms with van der Waals surface area (Å²) >= 11 is 12.1. The number of rotatable bonds is 6. The molecule has 5 nitrogen and oxygen atoms in total. The van der Waals surface area contributed by atoms with Gasteiger partial charge in [0, 0.05) is 15.6 Å². The minimum Gasteiger partial charge on any atom is -0.465 e. The molecule has 4 rings (SSSR count). The summed E-state index contributed by atoms with van der Waals surface area (Å²) in [6, 6.07) is 15.3. The molecular formula is C23H17Cl2NO4. The number of ketones is 1. The highest BCUT2D eigenvalue weighted by Gasteiger charge is 2.50. The molecule has 3 aromatic rings. The van der Waals surface area contributed by atoms with Gasteiger partial charge < -0.3 is 14.4 Å². The van der Waals surface area contributed by atoms with Crippen LogP contribution in [0.1, 0.15) is 23.3 Å². The Kier molecular flexibility index (Phi) is 5.52. The Morgan fingerprint density at radius 1 is 1.10 bits per heavy atom. The van der Waals surface area contributed by atoms with Gasteiger partial charge in [0.15, 0.2) is 11.4 Å². The SMILES string of the molecule is O=C(C=Cc1ccco1)CC1(O)C(=O)N(Cc2ccc(Cl)cc2)c2ccc(Cl)cc21. The van der Waals surface area contributed by atoms with Gasteiger partial charge in [-0.1, -0.05) is 35.3 Å². The fraction of sp³-hybridized carbons (Fsp3) is 0.130. The Bertz CT molecular complexity index is 1120. The van der Waals surface area contributed by atoms with E-state index in [9.17, 15) is 14.7 Å². The summed E-state index contributed by atoms with van der Waals surface area (Å²) in [4.78, 5) is 27.2. The van der Waals surface area contributed by atoms with E-state index in [0.29, 0.717) is 27.1 Å². The van der Waals surface area contributed by atoms with E-state index in [2.05, 4.69) is 0 Å². The van der Waals surface area contributed by atoms with Gasteiger partial charge in [-0.3, -0.25) is 9.59 Å². The number of amides is 1. The van der Waals surface area contributed by atoms with Crippen molar-refractivity contribution in [2.45, 2.75) is 18.6 Å². The van der Waals surface area contributed by atoms with Crippen molar-refractivity contribution in [1.29, 1.82) is 0 Å². The number of benzene rings is 2. The predicted octanol–water partition coefficient (Wildman–Crippen LogP) is 4.99. The third-order valence-corrected chi connectivity index (χ3v) is 5.44. The second-order valence-corrected chi connectivity index (χ2v) is 7.90. The summed E-state index contributed by atoms with van der Waals surface area (Å²) in [5, 5.41) is 12.3.